The van der Waals surface area contributed by atoms with Crippen LogP contribution in [0.4, 0.5) is 4.39 Å². The number of nitrogens with zero attached hydrogens (tertiary/aromatic N) is 2. The Balaban J connectivity index is 0.000000785. The molecule has 0 spiro atoms. The third-order valence-electron chi connectivity index (χ3n) is 22.4. The van der Waals surface area contributed by atoms with Gasteiger partial charge in [-0.2, -0.15) is 5.26 Å². The van der Waals surface area contributed by atoms with E-state index in [9.17, 15) is 33.2 Å². The summed E-state index contributed by atoms with van der Waals surface area (Å²) in [6.07, 6.45) is 12.7. The number of hydrogen-bond acceptors (Lipinski definition) is 19. The number of nitrogens with two attached hydrogens (primary N) is 1. The lowest BCUT2D eigenvalue weighted by molar-refractivity contribution is -0.146. The van der Waals surface area contributed by atoms with E-state index in [0.29, 0.717) is 176 Å². The molecule has 10 unspecified atom stereocenters. The zero-order chi connectivity index (χ0) is 84.1. The van der Waals surface area contributed by atoms with Crippen molar-refractivity contribution in [3.63, 3.8) is 0 Å². The predicted octanol–water partition coefficient (Wildman–Crippen LogP) is 17.0. The Labute approximate surface area is 672 Å². The number of alkyl halides is 1. The largest absolute Gasteiger partial charge is 0.481 e. The van der Waals surface area contributed by atoms with Crippen molar-refractivity contribution in [1.29, 1.82) is 5.26 Å². The van der Waals surface area contributed by atoms with Crippen molar-refractivity contribution < 1.29 is 86.6 Å². The van der Waals surface area contributed by atoms with Gasteiger partial charge < -0.3 is 68.4 Å². The van der Waals surface area contributed by atoms with Crippen LogP contribution in [0, 0.1) is 82.3 Å². The Morgan fingerprint density at radius 3 is 1.19 bits per heavy atom. The number of carbonyl (C=O) groups excluding carboxylic acids is 5. The summed E-state index contributed by atoms with van der Waals surface area (Å²) < 4.78 is 75.5. The third kappa shape index (κ3) is 45.6. The molecule has 0 aromatic heterocycles. The summed E-state index contributed by atoms with van der Waals surface area (Å²) in [5.74, 6) is 4.25. The van der Waals surface area contributed by atoms with E-state index in [0.717, 1.165) is 76.2 Å². The number of nitriles is 1. The molecule has 638 valence electrons. The van der Waals surface area contributed by atoms with E-state index < -0.39 is 21.6 Å². The van der Waals surface area contributed by atoms with Gasteiger partial charge in [0.2, 0.25) is 11.8 Å². The Morgan fingerprint density at radius 2 is 0.865 bits per heavy atom. The van der Waals surface area contributed by atoms with Gasteiger partial charge in [0.25, 0.3) is 8.53 Å². The van der Waals surface area contributed by atoms with Crippen LogP contribution >= 0.6 is 8.53 Å². The zero-order valence-corrected chi connectivity index (χ0v) is 72.5. The van der Waals surface area contributed by atoms with Crippen molar-refractivity contribution in [3.05, 3.63) is 71.8 Å². The maximum Gasteiger partial charge on any atom is 0.303 e. The number of halogens is 1. The van der Waals surface area contributed by atoms with Gasteiger partial charge in [-0.3, -0.25) is 33.2 Å². The highest BCUT2D eigenvalue weighted by Crippen LogP contribution is 2.47. The molecule has 111 heavy (non-hydrogen) atoms. The van der Waals surface area contributed by atoms with E-state index in [1.807, 2.05) is 81.4 Å². The van der Waals surface area contributed by atoms with Crippen LogP contribution in [-0.4, -0.2) is 167 Å². The molecule has 24 heteroatoms. The Morgan fingerprint density at radius 1 is 0.523 bits per heavy atom. The van der Waals surface area contributed by atoms with Crippen LogP contribution in [0.2, 0.25) is 0 Å². The molecule has 2 aromatic rings. The van der Waals surface area contributed by atoms with Crippen LogP contribution in [0.5, 0.6) is 0 Å². The maximum absolute atomic E-state index is 12.4. The van der Waals surface area contributed by atoms with E-state index in [1.54, 1.807) is 0 Å². The van der Waals surface area contributed by atoms with Crippen molar-refractivity contribution in [2.75, 3.05) is 73.0 Å². The zero-order valence-electron chi connectivity index (χ0n) is 72.6. The molecule has 3 saturated carbocycles. The van der Waals surface area contributed by atoms with Crippen molar-refractivity contribution in [2.24, 2.45) is 76.7 Å². The molecule has 0 radical (unpaired) electrons. The van der Waals surface area contributed by atoms with Gasteiger partial charge in [-0.25, -0.2) is 4.67 Å². The molecule has 0 heterocycles. The first-order valence-electron chi connectivity index (χ1n) is 42.0. The molecule has 5 N–H and O–H groups in total. The second kappa shape index (κ2) is 61.2. The van der Waals surface area contributed by atoms with Gasteiger partial charge in [-0.1, -0.05) is 142 Å². The number of carboxylic acids is 1. The van der Waals surface area contributed by atoms with Gasteiger partial charge in [0.15, 0.2) is 0 Å². The number of esters is 3. The van der Waals surface area contributed by atoms with Gasteiger partial charge in [0, 0.05) is 91.6 Å². The monoisotopic (exact) mass is 1590 g/mol. The molecule has 5 rings (SSSR count). The van der Waals surface area contributed by atoms with Gasteiger partial charge in [-0.05, 0) is 188 Å². The fourth-order valence-electron chi connectivity index (χ4n) is 14.2. The second-order valence-corrected chi connectivity index (χ2v) is 33.1. The molecular formula is C87H151FN5O17P. The molecule has 0 saturated heterocycles. The van der Waals surface area contributed by atoms with Crippen molar-refractivity contribution in [1.82, 2.24) is 15.3 Å². The van der Waals surface area contributed by atoms with E-state index >= 15 is 0 Å². The Hall–Kier alpha value is -5.25. The number of benzene rings is 2. The van der Waals surface area contributed by atoms with Crippen molar-refractivity contribution >= 4 is 44.2 Å². The molecule has 22 nitrogen and oxygen atoms in total. The van der Waals surface area contributed by atoms with E-state index in [-0.39, 0.29) is 84.9 Å². The van der Waals surface area contributed by atoms with Crippen LogP contribution < -0.4 is 16.4 Å². The molecule has 2 amide bonds. The fraction of sp³-hybridized carbons (Fsp3) is 0.782. The highest BCUT2D eigenvalue weighted by atomic mass is 31.2. The normalized spacial score (nSPS) is 24.6. The average Bonchev–Trinajstić information content (AvgIpc) is 0.827. The van der Waals surface area contributed by atoms with Crippen molar-refractivity contribution in [3.8, 4) is 6.07 Å². The SMILES string of the molecule is CC(=O)OCC1C[C@@H](OCCCCCC(=O)NCC(C)OCc2ccccc2)C(C)[C@@H](C)[C@H]1C.CC(=O)OCC1C[C@@H](OCCCCCC(=O)NCC(C)OP(OCCC#N)N(C(C)C)C(C)C)C(C)[C@@H](C)[C@H]1C.CC(=O)OCC1C[C@@H](OCCCCCC(=O)O)C(C)[C@@H](C)[C@H]1C.CC(CN)OCc1ccccc1.[2H]CF. The molecule has 19 atom stereocenters. The fourth-order valence-corrected chi connectivity index (χ4v) is 15.9. The summed E-state index contributed by atoms with van der Waals surface area (Å²) in [5, 5.41) is 23.4. The first kappa shape index (κ1) is 102. The summed E-state index contributed by atoms with van der Waals surface area (Å²) in [6.45, 7) is 45.5. The minimum atomic E-state index is -1.33. The number of rotatable bonds is 46. The van der Waals surface area contributed by atoms with Gasteiger partial charge in [-0.15, -0.1) is 0 Å². The summed E-state index contributed by atoms with van der Waals surface area (Å²) in [6, 6.07) is 22.7. The maximum atomic E-state index is 12.4. The number of ether oxygens (including phenoxy) is 8. The first-order valence-corrected chi connectivity index (χ1v) is 42.5. The first-order chi connectivity index (χ1) is 53.2. The molecule has 0 bridgehead atoms. The predicted molar refractivity (Wildman–Crippen MR) is 438 cm³/mol. The molecule has 0 aliphatic heterocycles. The molecular weight excluding hydrogens is 1440 g/mol. The lowest BCUT2D eigenvalue weighted by Crippen LogP contribution is -2.42. The Kier molecular flexibility index (Phi) is 56.1. The van der Waals surface area contributed by atoms with Gasteiger partial charge >= 0.3 is 23.9 Å². The van der Waals surface area contributed by atoms with Gasteiger partial charge in [0.05, 0.1) is 97.3 Å². The number of aliphatic carboxylic acids is 1. The quantitative estimate of drug-likeness (QED) is 0.0207. The van der Waals surface area contributed by atoms with Crippen molar-refractivity contribution in [2.45, 2.75) is 296 Å². The van der Waals surface area contributed by atoms with E-state index in [2.05, 4.69) is 111 Å². The Bertz CT molecular complexity index is 2830. The number of carboxylic acid groups (broad SMARTS) is 1. The number of unbranched alkanes of at least 4 members (excludes halogenated alkanes) is 6. The van der Waals surface area contributed by atoms with Crippen LogP contribution in [0.3, 0.4) is 0 Å². The summed E-state index contributed by atoms with van der Waals surface area (Å²) in [5.41, 5.74) is 7.74. The van der Waals surface area contributed by atoms with Crippen LogP contribution in [0.15, 0.2) is 60.7 Å². The number of hydrogen-bond donors (Lipinski definition) is 4. The number of amides is 2. The highest BCUT2D eigenvalue weighted by Gasteiger charge is 2.42. The lowest BCUT2D eigenvalue weighted by Gasteiger charge is -2.43. The van der Waals surface area contributed by atoms with Crippen LogP contribution in [0.1, 0.15) is 247 Å². The number of nitrogens with one attached hydrogen (secondary N) is 2. The van der Waals surface area contributed by atoms with Gasteiger partial charge in [0.1, 0.15) is 0 Å². The minimum absolute atomic E-state index is 0.0210. The topological polar surface area (TPSA) is 292 Å². The number of carbonyl (C=O) groups is 6. The molecule has 3 fully saturated rings. The van der Waals surface area contributed by atoms with E-state index in [4.69, 9.17) is 64.4 Å². The average molecular weight is 1590 g/mol. The van der Waals surface area contributed by atoms with Crippen LogP contribution in [0.25, 0.3) is 0 Å². The summed E-state index contributed by atoms with van der Waals surface area (Å²) >= 11 is 0. The molecule has 3 aliphatic rings. The summed E-state index contributed by atoms with van der Waals surface area (Å²) in [7, 11) is -2.33. The third-order valence-corrected chi connectivity index (χ3v) is 24.6. The van der Waals surface area contributed by atoms with E-state index in [1.165, 1.54) is 26.3 Å². The minimum Gasteiger partial charge on any atom is -0.481 e. The smallest absolute Gasteiger partial charge is 0.303 e. The lowest BCUT2D eigenvalue weighted by atomic mass is 9.67. The molecule has 3 aliphatic carbocycles. The standard InChI is InChI=1S/C30H56N3O6P.C28H45NO5.C18H32O5.C10H15NO.CH3F/c1-21(2)33(22(3)4)40(38-17-13-15-31)39-23(5)19-32-30(35)14-11-10-12-16-36-29-18-28(20-37-27(9)34)25(7)24(6)26(29)8;1-20(33-18-25-12-8-6-9-13-25)17-29-28(31)14-10-7-11-15-32-27-16-26(19-34-24(5)30)22(3)21(2)23(27)4;1-12-13(2)16(11-23-15(4)19)10-17(14(12)3)22-9-7-5-6-8-18(20)21;1-9(7-11)12-8-10-5-3-2-4-6-10;1-2/h21-26,28-29H,10-14,16-20H2,1-9H3,(H,32,35);6,8-9,12-13,20-23,26-27H,7,10-11,14-19H2,1-5H3,(H,29,31);12-14,16-17H,5-11H2,1-4H3,(H,20,21);2-6,9H,7-8,11H2,1H3;1H3/t23?,24-,25+,26?,28?,29+,40?;20?,21-,22+,23?,26?,27+;12-,13+,14?,16?,17+;;/m000../s1/i;;;;1D. The molecule has 2 aromatic carbocycles. The second-order valence-electron chi connectivity index (χ2n) is 31.7. The highest BCUT2D eigenvalue weighted by molar-refractivity contribution is 7.44. The summed E-state index contributed by atoms with van der Waals surface area (Å²) in [4.78, 5) is 68.5. The van der Waals surface area contributed by atoms with Crippen LogP contribution in [-0.2, 0) is 88.9 Å².